The summed E-state index contributed by atoms with van der Waals surface area (Å²) in [4.78, 5) is 43.1. The van der Waals surface area contributed by atoms with Crippen molar-refractivity contribution in [3.8, 4) is 0 Å². The molecule has 2 bridgehead atoms. The van der Waals surface area contributed by atoms with Crippen LogP contribution in [0.4, 0.5) is 0 Å². The summed E-state index contributed by atoms with van der Waals surface area (Å²) in [6.07, 6.45) is 4.39. The first-order valence-corrected chi connectivity index (χ1v) is 13.2. The topological polar surface area (TPSA) is 107 Å². The number of hydrogen-bond acceptors (Lipinski definition) is 5. The number of carboxylic acid groups (broad SMARTS) is 1. The number of halogens is 1. The van der Waals surface area contributed by atoms with E-state index in [0.717, 1.165) is 18.4 Å². The Morgan fingerprint density at radius 3 is 2.60 bits per heavy atom. The maximum atomic E-state index is 14.1. The van der Waals surface area contributed by atoms with E-state index in [4.69, 9.17) is 9.84 Å². The molecule has 9 heteroatoms. The number of benzene rings is 1. The average Bonchev–Trinajstić information content (AvgIpc) is 3.42. The number of carbonyl (C=O) groups excluding carboxylic acids is 2. The molecule has 3 aliphatic rings. The summed E-state index contributed by atoms with van der Waals surface area (Å²) < 4.78 is 6.33. The maximum absolute atomic E-state index is 14.1. The van der Waals surface area contributed by atoms with Crippen molar-refractivity contribution in [1.82, 2.24) is 9.80 Å². The van der Waals surface area contributed by atoms with Gasteiger partial charge in [0.1, 0.15) is 11.6 Å². The van der Waals surface area contributed by atoms with Gasteiger partial charge in [-0.05, 0) is 24.8 Å². The molecule has 3 aliphatic heterocycles. The van der Waals surface area contributed by atoms with Gasteiger partial charge < -0.3 is 24.7 Å². The fourth-order valence-corrected chi connectivity index (χ4v) is 6.99. The van der Waals surface area contributed by atoms with Gasteiger partial charge in [0.2, 0.25) is 11.8 Å². The molecule has 1 aromatic rings. The summed E-state index contributed by atoms with van der Waals surface area (Å²) in [6, 6.07) is 8.72. The van der Waals surface area contributed by atoms with Gasteiger partial charge in [-0.1, -0.05) is 65.2 Å². The van der Waals surface area contributed by atoms with Crippen LogP contribution < -0.4 is 0 Å². The van der Waals surface area contributed by atoms with E-state index in [-0.39, 0.29) is 23.2 Å². The molecule has 0 aliphatic carbocycles. The molecule has 3 saturated heterocycles. The van der Waals surface area contributed by atoms with E-state index in [1.54, 1.807) is 15.9 Å². The second-order valence-corrected chi connectivity index (χ2v) is 10.8. The minimum atomic E-state index is -1.17. The molecule has 1 unspecified atom stereocenters. The SMILES string of the molecule is C=CCN(Cc1ccccc1)C(=O)[C@H]1N(CCCCCCO)C(=O)[C@@H]2[C@@H](C(=O)O)[C@@H]3O[C@@]21CC3Br. The fraction of sp³-hybridized carbons (Fsp3) is 0.577. The van der Waals surface area contributed by atoms with Gasteiger partial charge in [0.15, 0.2) is 0 Å². The smallest absolute Gasteiger partial charge is 0.310 e. The molecule has 3 fully saturated rings. The van der Waals surface area contributed by atoms with Gasteiger partial charge in [-0.2, -0.15) is 0 Å². The van der Waals surface area contributed by atoms with Gasteiger partial charge in [0.25, 0.3) is 0 Å². The number of aliphatic hydroxyl groups excluding tert-OH is 1. The number of alkyl halides is 1. The lowest BCUT2D eigenvalue weighted by Crippen LogP contribution is -2.56. The minimum Gasteiger partial charge on any atom is -0.481 e. The first kappa shape index (κ1) is 25.9. The number of ether oxygens (including phenoxy) is 1. The zero-order chi connectivity index (χ0) is 25.2. The molecule has 0 saturated carbocycles. The molecular weight excluding hydrogens is 516 g/mol. The van der Waals surface area contributed by atoms with Crippen molar-refractivity contribution in [2.24, 2.45) is 11.8 Å². The number of rotatable bonds is 12. The van der Waals surface area contributed by atoms with Gasteiger partial charge in [0, 0.05) is 31.1 Å². The zero-order valence-corrected chi connectivity index (χ0v) is 21.3. The van der Waals surface area contributed by atoms with Crippen molar-refractivity contribution in [2.45, 2.75) is 61.2 Å². The molecule has 4 rings (SSSR count). The largest absolute Gasteiger partial charge is 0.481 e. The summed E-state index contributed by atoms with van der Waals surface area (Å²) in [5, 5.41) is 19.0. The Bertz CT molecular complexity index is 958. The molecule has 2 amide bonds. The highest BCUT2D eigenvalue weighted by Crippen LogP contribution is 2.60. The predicted molar refractivity (Wildman–Crippen MR) is 133 cm³/mol. The molecule has 1 spiro atoms. The molecule has 8 nitrogen and oxygen atoms in total. The second-order valence-electron chi connectivity index (χ2n) is 9.66. The molecule has 3 heterocycles. The third kappa shape index (κ3) is 4.66. The van der Waals surface area contributed by atoms with Gasteiger partial charge in [-0.3, -0.25) is 14.4 Å². The molecular formula is C26H33BrN2O6. The fourth-order valence-electron chi connectivity index (χ4n) is 6.04. The molecule has 6 atom stereocenters. The molecule has 2 N–H and O–H groups in total. The maximum Gasteiger partial charge on any atom is 0.310 e. The molecule has 1 aromatic carbocycles. The molecule has 190 valence electrons. The normalized spacial score (nSPS) is 31.0. The Morgan fingerprint density at radius 1 is 1.23 bits per heavy atom. The van der Waals surface area contributed by atoms with E-state index in [0.29, 0.717) is 38.9 Å². The van der Waals surface area contributed by atoms with Gasteiger partial charge in [0.05, 0.1) is 17.9 Å². The lowest BCUT2D eigenvalue weighted by atomic mass is 9.70. The number of unbranched alkanes of at least 4 members (excludes halogenated alkanes) is 3. The number of hydrogen-bond donors (Lipinski definition) is 2. The summed E-state index contributed by atoms with van der Waals surface area (Å²) in [5.41, 5.74) is -0.216. The predicted octanol–water partition coefficient (Wildman–Crippen LogP) is 2.59. The quantitative estimate of drug-likeness (QED) is 0.236. The standard InChI is InChI=1S/C26H33BrN2O6/c1-2-12-28(16-17-10-6-5-7-11-17)24(32)22-26-15-18(27)21(35-26)19(25(33)34)20(26)23(31)29(22)13-8-3-4-9-14-30/h2,5-7,10-11,18-22,30H,1,3-4,8-9,12-16H2,(H,33,34)/t18?,19-,20+,21-,22-,26+/m1/s1. The minimum absolute atomic E-state index is 0.118. The van der Waals surface area contributed by atoms with Gasteiger partial charge >= 0.3 is 5.97 Å². The van der Waals surface area contributed by atoms with Crippen LogP contribution in [0.5, 0.6) is 0 Å². The van der Waals surface area contributed by atoms with E-state index in [1.165, 1.54) is 0 Å². The Kier molecular flexibility index (Phi) is 7.98. The summed E-state index contributed by atoms with van der Waals surface area (Å²) in [6.45, 7) is 4.93. The van der Waals surface area contributed by atoms with E-state index >= 15 is 0 Å². The third-order valence-corrected chi connectivity index (χ3v) is 8.34. The number of likely N-dealkylation sites (tertiary alicyclic amines) is 1. The van der Waals surface area contributed by atoms with Crippen molar-refractivity contribution in [3.63, 3.8) is 0 Å². The van der Waals surface area contributed by atoms with Gasteiger partial charge in [-0.15, -0.1) is 6.58 Å². The van der Waals surface area contributed by atoms with E-state index in [1.807, 2.05) is 30.3 Å². The lowest BCUT2D eigenvalue weighted by molar-refractivity contribution is -0.151. The van der Waals surface area contributed by atoms with E-state index in [2.05, 4.69) is 22.5 Å². The number of aliphatic hydroxyl groups is 1. The highest BCUT2D eigenvalue weighted by atomic mass is 79.9. The van der Waals surface area contributed by atoms with Crippen LogP contribution in [0.1, 0.15) is 37.7 Å². The summed E-state index contributed by atoms with van der Waals surface area (Å²) in [5.74, 6) is -3.49. The average molecular weight is 549 g/mol. The van der Waals surface area contributed by atoms with E-state index < -0.39 is 35.6 Å². The Balaban J connectivity index is 1.67. The number of fused-ring (bicyclic) bond motifs is 1. The van der Waals surface area contributed by atoms with Crippen LogP contribution >= 0.6 is 15.9 Å². The van der Waals surface area contributed by atoms with Crippen molar-refractivity contribution in [2.75, 3.05) is 19.7 Å². The van der Waals surface area contributed by atoms with Crippen molar-refractivity contribution in [3.05, 3.63) is 48.6 Å². The van der Waals surface area contributed by atoms with E-state index in [9.17, 15) is 19.5 Å². The number of aliphatic carboxylic acids is 1. The van der Waals surface area contributed by atoms with Crippen LogP contribution in [0.25, 0.3) is 0 Å². The number of nitrogens with zero attached hydrogens (tertiary/aromatic N) is 2. The van der Waals surface area contributed by atoms with Crippen LogP contribution in [-0.2, 0) is 25.7 Å². The monoisotopic (exact) mass is 548 g/mol. The van der Waals surface area contributed by atoms with Crippen LogP contribution in [0.2, 0.25) is 0 Å². The molecule has 0 radical (unpaired) electrons. The highest BCUT2D eigenvalue weighted by molar-refractivity contribution is 9.09. The van der Waals surface area contributed by atoms with Crippen LogP contribution in [0.3, 0.4) is 0 Å². The lowest BCUT2D eigenvalue weighted by Gasteiger charge is -2.37. The van der Waals surface area contributed by atoms with Crippen LogP contribution in [-0.4, -0.2) is 80.1 Å². The summed E-state index contributed by atoms with van der Waals surface area (Å²) in [7, 11) is 0. The van der Waals surface area contributed by atoms with Crippen LogP contribution in [0, 0.1) is 11.8 Å². The van der Waals surface area contributed by atoms with Crippen molar-refractivity contribution in [1.29, 1.82) is 0 Å². The molecule has 0 aromatic heterocycles. The Hall–Kier alpha value is -2.23. The Morgan fingerprint density at radius 2 is 1.94 bits per heavy atom. The third-order valence-electron chi connectivity index (χ3n) is 7.49. The number of carboxylic acids is 1. The first-order valence-electron chi connectivity index (χ1n) is 12.3. The van der Waals surface area contributed by atoms with Crippen molar-refractivity contribution >= 4 is 33.7 Å². The van der Waals surface area contributed by atoms with Crippen molar-refractivity contribution < 1.29 is 29.3 Å². The second kappa shape index (κ2) is 10.8. The number of carbonyl (C=O) groups is 3. The zero-order valence-electron chi connectivity index (χ0n) is 19.7. The first-order chi connectivity index (χ1) is 16.9. The highest BCUT2D eigenvalue weighted by Gasteiger charge is 2.76. The van der Waals surface area contributed by atoms with Gasteiger partial charge in [-0.25, -0.2) is 0 Å². The molecule has 35 heavy (non-hydrogen) atoms. The Labute approximate surface area is 214 Å². The number of amides is 2. The summed E-state index contributed by atoms with van der Waals surface area (Å²) >= 11 is 3.57. The van der Waals surface area contributed by atoms with Crippen LogP contribution in [0.15, 0.2) is 43.0 Å².